The molecule has 2 amide bonds. The Balaban J connectivity index is 1.70. The highest BCUT2D eigenvalue weighted by atomic mass is 32.2. The van der Waals surface area contributed by atoms with Gasteiger partial charge in [-0.2, -0.15) is 0 Å². The Morgan fingerprint density at radius 2 is 1.68 bits per heavy atom. The number of hydrogen-bond donors (Lipinski definition) is 2. The number of benzene rings is 2. The van der Waals surface area contributed by atoms with Gasteiger partial charge in [-0.3, -0.25) is 14.3 Å². The second-order valence-electron chi connectivity index (χ2n) is 9.54. The first kappa shape index (κ1) is 25.7. The Kier molecular flexibility index (Phi) is 8.02. The maximum Gasteiger partial charge on any atom is 0.262 e. The maximum atomic E-state index is 13.1. The second-order valence-corrected chi connectivity index (χ2v) is 11.2. The number of nitrogens with zero attached hydrogens (tertiary/aromatic N) is 1. The van der Waals surface area contributed by atoms with Crippen molar-refractivity contribution in [1.82, 2.24) is 10.2 Å². The molecule has 3 rings (SSSR count). The van der Waals surface area contributed by atoms with Gasteiger partial charge in [-0.05, 0) is 81.3 Å². The van der Waals surface area contributed by atoms with Crippen molar-refractivity contribution >= 4 is 27.5 Å². The van der Waals surface area contributed by atoms with E-state index in [0.29, 0.717) is 47.8 Å². The molecule has 0 unspecified atom stereocenters. The molecular formula is C26H35N3O4S. The van der Waals surface area contributed by atoms with Crippen LogP contribution in [0.2, 0.25) is 0 Å². The summed E-state index contributed by atoms with van der Waals surface area (Å²) in [5.41, 5.74) is 3.17. The SMILES string of the molecule is Cc1cc(C)c(S(=O)(=O)Nc2ccc(C(=O)N3CCC[C@@H]3C(=O)NCCC(C)C)cc2)c(C)c1. The van der Waals surface area contributed by atoms with Crippen LogP contribution in [0.15, 0.2) is 41.3 Å². The fourth-order valence-corrected chi connectivity index (χ4v) is 6.04. The van der Waals surface area contributed by atoms with E-state index in [1.54, 1.807) is 43.0 Å². The number of nitrogens with one attached hydrogen (secondary N) is 2. The molecule has 0 saturated carbocycles. The minimum absolute atomic E-state index is 0.111. The van der Waals surface area contributed by atoms with Gasteiger partial charge in [0.15, 0.2) is 0 Å². The quantitative estimate of drug-likeness (QED) is 0.586. The summed E-state index contributed by atoms with van der Waals surface area (Å²) in [6, 6.07) is 9.57. The van der Waals surface area contributed by atoms with Crippen LogP contribution in [0.4, 0.5) is 5.69 Å². The predicted octanol–water partition coefficient (Wildman–Crippen LogP) is 4.18. The molecule has 7 nitrogen and oxygen atoms in total. The van der Waals surface area contributed by atoms with Crippen molar-refractivity contribution in [1.29, 1.82) is 0 Å². The van der Waals surface area contributed by atoms with Gasteiger partial charge in [0.05, 0.1) is 4.90 Å². The fraction of sp³-hybridized carbons (Fsp3) is 0.462. The van der Waals surface area contributed by atoms with Gasteiger partial charge in [-0.15, -0.1) is 0 Å². The van der Waals surface area contributed by atoms with E-state index in [1.807, 2.05) is 19.1 Å². The van der Waals surface area contributed by atoms with Crippen LogP contribution in [0.5, 0.6) is 0 Å². The zero-order chi connectivity index (χ0) is 25.0. The number of likely N-dealkylation sites (tertiary alicyclic amines) is 1. The van der Waals surface area contributed by atoms with Gasteiger partial charge in [0.2, 0.25) is 5.91 Å². The first-order valence-corrected chi connectivity index (χ1v) is 13.3. The lowest BCUT2D eigenvalue weighted by Crippen LogP contribution is -2.46. The fourth-order valence-electron chi connectivity index (χ4n) is 4.53. The Morgan fingerprint density at radius 1 is 1.06 bits per heavy atom. The van der Waals surface area contributed by atoms with Crippen molar-refractivity contribution in [3.8, 4) is 0 Å². The molecule has 2 N–H and O–H groups in total. The van der Waals surface area contributed by atoms with Crippen molar-refractivity contribution in [3.05, 3.63) is 58.7 Å². The minimum atomic E-state index is -3.77. The Morgan fingerprint density at radius 3 is 2.26 bits per heavy atom. The first-order valence-electron chi connectivity index (χ1n) is 11.8. The Labute approximate surface area is 203 Å². The summed E-state index contributed by atoms with van der Waals surface area (Å²) in [5.74, 6) is 0.164. The second kappa shape index (κ2) is 10.6. The van der Waals surface area contributed by atoms with Crippen LogP contribution in [-0.2, 0) is 14.8 Å². The molecule has 0 bridgehead atoms. The first-order chi connectivity index (χ1) is 16.0. The molecule has 34 heavy (non-hydrogen) atoms. The lowest BCUT2D eigenvalue weighted by Gasteiger charge is -2.24. The van der Waals surface area contributed by atoms with Crippen molar-refractivity contribution in [2.24, 2.45) is 5.92 Å². The molecule has 2 aromatic rings. The molecule has 2 aromatic carbocycles. The third kappa shape index (κ3) is 5.97. The average Bonchev–Trinajstić information content (AvgIpc) is 3.22. The van der Waals surface area contributed by atoms with Gasteiger partial charge >= 0.3 is 0 Å². The minimum Gasteiger partial charge on any atom is -0.354 e. The van der Waals surface area contributed by atoms with Crippen LogP contribution in [0.25, 0.3) is 0 Å². The molecule has 184 valence electrons. The summed E-state index contributed by atoms with van der Waals surface area (Å²) >= 11 is 0. The lowest BCUT2D eigenvalue weighted by atomic mass is 10.1. The molecule has 1 fully saturated rings. The largest absolute Gasteiger partial charge is 0.354 e. The normalized spacial score (nSPS) is 16.1. The van der Waals surface area contributed by atoms with Crippen LogP contribution < -0.4 is 10.0 Å². The van der Waals surface area contributed by atoms with Crippen LogP contribution in [-0.4, -0.2) is 44.3 Å². The maximum absolute atomic E-state index is 13.1. The number of amides is 2. The summed E-state index contributed by atoms with van der Waals surface area (Å²) in [7, 11) is -3.77. The van der Waals surface area contributed by atoms with Gasteiger partial charge in [0, 0.05) is 24.3 Å². The predicted molar refractivity (Wildman–Crippen MR) is 134 cm³/mol. The third-order valence-corrected chi connectivity index (χ3v) is 7.78. The van der Waals surface area contributed by atoms with E-state index in [-0.39, 0.29) is 16.7 Å². The van der Waals surface area contributed by atoms with E-state index in [9.17, 15) is 18.0 Å². The number of carbonyl (C=O) groups excluding carboxylic acids is 2. The number of hydrogen-bond acceptors (Lipinski definition) is 4. The van der Waals surface area contributed by atoms with Gasteiger partial charge in [0.25, 0.3) is 15.9 Å². The average molecular weight is 486 g/mol. The molecule has 1 heterocycles. The highest BCUT2D eigenvalue weighted by Gasteiger charge is 2.34. The van der Waals surface area contributed by atoms with E-state index in [2.05, 4.69) is 23.9 Å². The van der Waals surface area contributed by atoms with Crippen molar-refractivity contribution in [2.45, 2.75) is 64.8 Å². The van der Waals surface area contributed by atoms with E-state index in [1.165, 1.54) is 0 Å². The van der Waals surface area contributed by atoms with Crippen molar-refractivity contribution in [3.63, 3.8) is 0 Å². The summed E-state index contributed by atoms with van der Waals surface area (Å²) < 4.78 is 28.6. The van der Waals surface area contributed by atoms with E-state index < -0.39 is 16.1 Å². The number of anilines is 1. The van der Waals surface area contributed by atoms with Crippen LogP contribution in [0, 0.1) is 26.7 Å². The molecule has 0 radical (unpaired) electrons. The summed E-state index contributed by atoms with van der Waals surface area (Å²) in [5, 5.41) is 2.95. The standard InChI is InChI=1S/C26H35N3O4S/c1-17(2)12-13-27-25(30)23-7-6-14-29(23)26(31)21-8-10-22(11-9-21)28-34(32,33)24-19(4)15-18(3)16-20(24)5/h8-11,15-17,23,28H,6-7,12-14H2,1-5H3,(H,27,30)/t23-/m1/s1. The van der Waals surface area contributed by atoms with Gasteiger partial charge in [-0.1, -0.05) is 31.5 Å². The monoisotopic (exact) mass is 485 g/mol. The highest BCUT2D eigenvalue weighted by Crippen LogP contribution is 2.25. The van der Waals surface area contributed by atoms with Crippen LogP contribution >= 0.6 is 0 Å². The lowest BCUT2D eigenvalue weighted by molar-refractivity contribution is -0.124. The Hall–Kier alpha value is -2.87. The third-order valence-electron chi connectivity index (χ3n) is 6.09. The molecular weight excluding hydrogens is 450 g/mol. The number of rotatable bonds is 8. The molecule has 1 atom stereocenters. The van der Waals surface area contributed by atoms with Gasteiger partial charge in [-0.25, -0.2) is 8.42 Å². The molecule has 0 aliphatic carbocycles. The summed E-state index contributed by atoms with van der Waals surface area (Å²) in [4.78, 5) is 27.6. The van der Waals surface area contributed by atoms with Crippen molar-refractivity contribution in [2.75, 3.05) is 17.8 Å². The molecule has 8 heteroatoms. The number of sulfonamides is 1. The van der Waals surface area contributed by atoms with E-state index in [4.69, 9.17) is 0 Å². The van der Waals surface area contributed by atoms with Crippen LogP contribution in [0.1, 0.15) is 60.2 Å². The van der Waals surface area contributed by atoms with E-state index in [0.717, 1.165) is 18.4 Å². The summed E-state index contributed by atoms with van der Waals surface area (Å²) in [6.45, 7) is 10.8. The number of carbonyl (C=O) groups is 2. The molecule has 0 aromatic heterocycles. The Bertz CT molecular complexity index is 1130. The smallest absolute Gasteiger partial charge is 0.262 e. The number of aryl methyl sites for hydroxylation is 3. The van der Waals surface area contributed by atoms with Crippen LogP contribution in [0.3, 0.4) is 0 Å². The van der Waals surface area contributed by atoms with Gasteiger partial charge in [0.1, 0.15) is 6.04 Å². The highest BCUT2D eigenvalue weighted by molar-refractivity contribution is 7.92. The summed E-state index contributed by atoms with van der Waals surface area (Å²) in [6.07, 6.45) is 2.32. The molecule has 1 aliphatic rings. The zero-order valence-electron chi connectivity index (χ0n) is 20.6. The van der Waals surface area contributed by atoms with E-state index >= 15 is 0 Å². The topological polar surface area (TPSA) is 95.6 Å². The zero-order valence-corrected chi connectivity index (χ0v) is 21.5. The van der Waals surface area contributed by atoms with Gasteiger partial charge < -0.3 is 10.2 Å². The molecule has 1 saturated heterocycles. The van der Waals surface area contributed by atoms with Crippen molar-refractivity contribution < 1.29 is 18.0 Å². The molecule has 0 spiro atoms. The molecule has 1 aliphatic heterocycles.